The minimum atomic E-state index is -3.71. The predicted octanol–water partition coefficient (Wildman–Crippen LogP) is 3.65. The van der Waals surface area contributed by atoms with Crippen molar-refractivity contribution in [3.8, 4) is 5.69 Å². The zero-order valence-electron chi connectivity index (χ0n) is 17.0. The molecule has 0 aliphatic carbocycles. The third kappa shape index (κ3) is 5.46. The maximum Gasteiger partial charge on any atom is 0.291 e. The maximum atomic E-state index is 12.7. The summed E-state index contributed by atoms with van der Waals surface area (Å²) >= 11 is 11.7. The Balaban J connectivity index is 1.70. The molecule has 0 fully saturated rings. The van der Waals surface area contributed by atoms with Crippen molar-refractivity contribution >= 4 is 38.9 Å². The second-order valence-corrected chi connectivity index (χ2v) is 9.39. The Bertz CT molecular complexity index is 1230. The molecule has 1 heterocycles. The molecule has 1 aromatic heterocycles. The summed E-state index contributed by atoms with van der Waals surface area (Å²) in [6.07, 6.45) is 1.26. The monoisotopic (exact) mass is 480 g/mol. The number of likely N-dealkylation sites (N-methyl/N-ethyl adjacent to an activating group) is 1. The van der Waals surface area contributed by atoms with E-state index in [0.29, 0.717) is 12.2 Å². The molecule has 10 heteroatoms. The summed E-state index contributed by atoms with van der Waals surface area (Å²) in [6.45, 7) is 5.57. The second-order valence-electron chi connectivity index (χ2n) is 6.83. The molecule has 3 aromatic rings. The Labute approximate surface area is 191 Å². The van der Waals surface area contributed by atoms with Crippen LogP contribution in [0.5, 0.6) is 0 Å². The third-order valence-electron chi connectivity index (χ3n) is 4.69. The van der Waals surface area contributed by atoms with Gasteiger partial charge in [-0.25, -0.2) is 13.1 Å². The van der Waals surface area contributed by atoms with Gasteiger partial charge in [0.1, 0.15) is 5.02 Å². The normalized spacial score (nSPS) is 11.5. The fourth-order valence-corrected chi connectivity index (χ4v) is 4.33. The first-order valence-corrected chi connectivity index (χ1v) is 11.8. The summed E-state index contributed by atoms with van der Waals surface area (Å²) in [5.74, 6) is 0. The van der Waals surface area contributed by atoms with Gasteiger partial charge in [0.05, 0.1) is 21.8 Å². The van der Waals surface area contributed by atoms with Gasteiger partial charge in [0.15, 0.2) is 0 Å². The van der Waals surface area contributed by atoms with Crippen molar-refractivity contribution in [2.75, 3.05) is 24.5 Å². The number of hydrogen-bond donors (Lipinski definition) is 1. The SMILES string of the molecule is CCN(CCNS(=O)(=O)c1ccc(-n2ncc(Cl)c(Cl)c2=O)cc1)c1cccc(C)c1. The van der Waals surface area contributed by atoms with Crippen LogP contribution in [0.25, 0.3) is 5.69 Å². The molecule has 0 spiro atoms. The van der Waals surface area contributed by atoms with E-state index in [1.807, 2.05) is 32.0 Å². The lowest BCUT2D eigenvalue weighted by Crippen LogP contribution is -2.35. The van der Waals surface area contributed by atoms with Gasteiger partial charge < -0.3 is 4.90 Å². The molecule has 0 unspecified atom stereocenters. The first-order chi connectivity index (χ1) is 14.7. The Morgan fingerprint density at radius 3 is 2.48 bits per heavy atom. The zero-order valence-corrected chi connectivity index (χ0v) is 19.4. The van der Waals surface area contributed by atoms with Gasteiger partial charge in [0.25, 0.3) is 5.56 Å². The molecule has 3 rings (SSSR count). The van der Waals surface area contributed by atoms with Crippen LogP contribution in [0.2, 0.25) is 10.0 Å². The summed E-state index contributed by atoms with van der Waals surface area (Å²) in [5, 5.41) is 3.84. The van der Waals surface area contributed by atoms with Crippen molar-refractivity contribution in [1.82, 2.24) is 14.5 Å². The average Bonchev–Trinajstić information content (AvgIpc) is 2.75. The van der Waals surface area contributed by atoms with E-state index in [2.05, 4.69) is 20.8 Å². The second kappa shape index (κ2) is 9.82. The van der Waals surface area contributed by atoms with E-state index < -0.39 is 15.6 Å². The summed E-state index contributed by atoms with van der Waals surface area (Å²) in [7, 11) is -3.71. The smallest absolute Gasteiger partial charge is 0.291 e. The molecule has 7 nitrogen and oxygen atoms in total. The Morgan fingerprint density at radius 1 is 1.13 bits per heavy atom. The maximum absolute atomic E-state index is 12.7. The number of aryl methyl sites for hydroxylation is 1. The number of aromatic nitrogens is 2. The molecule has 0 saturated heterocycles. The number of sulfonamides is 1. The minimum Gasteiger partial charge on any atom is -0.370 e. The highest BCUT2D eigenvalue weighted by Crippen LogP contribution is 2.18. The van der Waals surface area contributed by atoms with E-state index in [1.165, 1.54) is 30.5 Å². The van der Waals surface area contributed by atoms with Crippen LogP contribution in [0, 0.1) is 6.92 Å². The van der Waals surface area contributed by atoms with E-state index >= 15 is 0 Å². The van der Waals surface area contributed by atoms with Crippen LogP contribution < -0.4 is 15.2 Å². The number of rotatable bonds is 8. The van der Waals surface area contributed by atoms with E-state index in [-0.39, 0.29) is 21.5 Å². The van der Waals surface area contributed by atoms with Crippen LogP contribution >= 0.6 is 23.2 Å². The Hall–Kier alpha value is -2.39. The highest BCUT2D eigenvalue weighted by molar-refractivity contribution is 7.89. The van der Waals surface area contributed by atoms with Crippen molar-refractivity contribution in [3.05, 3.63) is 80.7 Å². The van der Waals surface area contributed by atoms with Crippen molar-refractivity contribution in [1.29, 1.82) is 0 Å². The van der Waals surface area contributed by atoms with Gasteiger partial charge in [-0.3, -0.25) is 4.79 Å². The van der Waals surface area contributed by atoms with Crippen molar-refractivity contribution in [2.24, 2.45) is 0 Å². The van der Waals surface area contributed by atoms with Gasteiger partial charge in [-0.15, -0.1) is 0 Å². The highest BCUT2D eigenvalue weighted by atomic mass is 35.5. The fraction of sp³-hybridized carbons (Fsp3) is 0.238. The van der Waals surface area contributed by atoms with Crippen LogP contribution in [0.15, 0.2) is 64.4 Å². The molecule has 31 heavy (non-hydrogen) atoms. The first-order valence-electron chi connectivity index (χ1n) is 9.58. The number of nitrogens with zero attached hydrogens (tertiary/aromatic N) is 3. The van der Waals surface area contributed by atoms with Gasteiger partial charge in [0.2, 0.25) is 10.0 Å². The van der Waals surface area contributed by atoms with Gasteiger partial charge in [-0.1, -0.05) is 35.3 Å². The molecule has 0 bridgehead atoms. The molecule has 0 atom stereocenters. The largest absolute Gasteiger partial charge is 0.370 e. The number of nitrogens with one attached hydrogen (secondary N) is 1. The van der Waals surface area contributed by atoms with Crippen LogP contribution in [0.4, 0.5) is 5.69 Å². The van der Waals surface area contributed by atoms with Crippen LogP contribution in [-0.4, -0.2) is 37.8 Å². The van der Waals surface area contributed by atoms with Gasteiger partial charge in [0, 0.05) is 25.3 Å². The lowest BCUT2D eigenvalue weighted by Gasteiger charge is -2.23. The van der Waals surface area contributed by atoms with Crippen molar-refractivity contribution in [3.63, 3.8) is 0 Å². The Morgan fingerprint density at radius 2 is 1.84 bits per heavy atom. The minimum absolute atomic E-state index is 0.0538. The lowest BCUT2D eigenvalue weighted by atomic mass is 10.2. The van der Waals surface area contributed by atoms with E-state index in [4.69, 9.17) is 23.2 Å². The lowest BCUT2D eigenvalue weighted by molar-refractivity contribution is 0.581. The summed E-state index contributed by atoms with van der Waals surface area (Å²) in [5.41, 5.74) is 1.98. The molecule has 164 valence electrons. The molecule has 2 aromatic carbocycles. The van der Waals surface area contributed by atoms with Crippen molar-refractivity contribution < 1.29 is 8.42 Å². The van der Waals surface area contributed by atoms with Crippen LogP contribution in [0.1, 0.15) is 12.5 Å². The van der Waals surface area contributed by atoms with Gasteiger partial charge in [-0.2, -0.15) is 9.78 Å². The number of hydrogen-bond acceptors (Lipinski definition) is 5. The number of benzene rings is 2. The molecule has 0 aliphatic heterocycles. The standard InChI is InChI=1S/C21H22Cl2N4O3S/c1-3-26(17-6-4-5-15(2)13-17)12-11-25-31(29,30)18-9-7-16(8-10-18)27-21(28)20(23)19(22)14-24-27/h4-10,13-14,25H,3,11-12H2,1-2H3. The molecular formula is C21H22Cl2N4O3S. The number of anilines is 1. The zero-order chi connectivity index (χ0) is 22.6. The van der Waals surface area contributed by atoms with Crippen molar-refractivity contribution in [2.45, 2.75) is 18.7 Å². The summed E-state index contributed by atoms with van der Waals surface area (Å²) in [4.78, 5) is 14.4. The van der Waals surface area contributed by atoms with E-state index in [9.17, 15) is 13.2 Å². The van der Waals surface area contributed by atoms with Crippen LogP contribution in [-0.2, 0) is 10.0 Å². The summed E-state index contributed by atoms with van der Waals surface area (Å²) < 4.78 is 29.0. The third-order valence-corrected chi connectivity index (χ3v) is 6.92. The highest BCUT2D eigenvalue weighted by Gasteiger charge is 2.15. The molecule has 0 aliphatic rings. The molecule has 0 saturated carbocycles. The first kappa shape index (κ1) is 23.3. The average molecular weight is 481 g/mol. The van der Waals surface area contributed by atoms with E-state index in [0.717, 1.165) is 22.5 Å². The van der Waals surface area contributed by atoms with Gasteiger partial charge >= 0.3 is 0 Å². The quantitative estimate of drug-likeness (QED) is 0.531. The predicted molar refractivity (Wildman–Crippen MR) is 124 cm³/mol. The Kier molecular flexibility index (Phi) is 7.38. The van der Waals surface area contributed by atoms with Gasteiger partial charge in [-0.05, 0) is 55.8 Å². The fourth-order valence-electron chi connectivity index (χ4n) is 3.06. The summed E-state index contributed by atoms with van der Waals surface area (Å²) in [6, 6.07) is 13.9. The molecule has 1 N–H and O–H groups in total. The van der Waals surface area contributed by atoms with Crippen LogP contribution in [0.3, 0.4) is 0 Å². The topological polar surface area (TPSA) is 84.3 Å². The molecule has 0 amide bonds. The molecular weight excluding hydrogens is 459 g/mol. The molecule has 0 radical (unpaired) electrons. The number of halogens is 2. The van der Waals surface area contributed by atoms with E-state index in [1.54, 1.807) is 0 Å².